The van der Waals surface area contributed by atoms with E-state index in [1.807, 2.05) is 31.2 Å². The average molecular weight is 255 g/mol. The summed E-state index contributed by atoms with van der Waals surface area (Å²) in [6, 6.07) is 12.1. The van der Waals surface area contributed by atoms with Crippen LogP contribution in [0.2, 0.25) is 0 Å². The highest BCUT2D eigenvalue weighted by Crippen LogP contribution is 2.47. The Morgan fingerprint density at radius 1 is 1.17 bits per heavy atom. The van der Waals surface area contributed by atoms with Gasteiger partial charge in [-0.3, -0.25) is 0 Å². The minimum atomic E-state index is -0.239. The minimum absolute atomic E-state index is 0.239. The molecule has 0 spiro atoms. The number of anilines is 1. The molecule has 0 saturated heterocycles. The Balaban J connectivity index is 2.28. The SMILES string of the molecule is Cc1ccc2c(c1N)C(C=O)c1ccccc1S2. The summed E-state index contributed by atoms with van der Waals surface area (Å²) in [5, 5.41) is 0. The van der Waals surface area contributed by atoms with E-state index in [0.29, 0.717) is 0 Å². The molecule has 0 aliphatic carbocycles. The minimum Gasteiger partial charge on any atom is -0.398 e. The van der Waals surface area contributed by atoms with Gasteiger partial charge in [0.1, 0.15) is 6.29 Å². The van der Waals surface area contributed by atoms with Crippen LogP contribution in [0.25, 0.3) is 0 Å². The van der Waals surface area contributed by atoms with E-state index in [-0.39, 0.29) is 5.92 Å². The van der Waals surface area contributed by atoms with Gasteiger partial charge in [0.25, 0.3) is 0 Å². The number of fused-ring (bicyclic) bond motifs is 2. The molecule has 3 rings (SSSR count). The zero-order valence-electron chi connectivity index (χ0n) is 10.0. The predicted molar refractivity (Wildman–Crippen MR) is 74.1 cm³/mol. The molecule has 1 aliphatic rings. The lowest BCUT2D eigenvalue weighted by atomic mass is 9.89. The summed E-state index contributed by atoms with van der Waals surface area (Å²) in [6.45, 7) is 1.97. The second kappa shape index (κ2) is 4.18. The maximum atomic E-state index is 11.5. The Kier molecular flexibility index (Phi) is 2.63. The summed E-state index contributed by atoms with van der Waals surface area (Å²) in [4.78, 5) is 13.7. The van der Waals surface area contributed by atoms with Crippen LogP contribution < -0.4 is 5.73 Å². The number of aryl methyl sites for hydroxylation is 1. The van der Waals surface area contributed by atoms with E-state index in [1.54, 1.807) is 11.8 Å². The van der Waals surface area contributed by atoms with Gasteiger partial charge in [-0.15, -0.1) is 0 Å². The van der Waals surface area contributed by atoms with Gasteiger partial charge in [-0.1, -0.05) is 36.0 Å². The van der Waals surface area contributed by atoms with E-state index in [4.69, 9.17) is 5.73 Å². The number of aldehydes is 1. The van der Waals surface area contributed by atoms with Crippen molar-refractivity contribution >= 4 is 23.7 Å². The number of hydrogen-bond acceptors (Lipinski definition) is 3. The number of nitrogen functional groups attached to an aromatic ring is 1. The molecule has 1 heterocycles. The van der Waals surface area contributed by atoms with Crippen LogP contribution in [0.4, 0.5) is 5.69 Å². The topological polar surface area (TPSA) is 43.1 Å². The lowest BCUT2D eigenvalue weighted by Crippen LogP contribution is -2.13. The van der Waals surface area contributed by atoms with Crippen molar-refractivity contribution in [3.8, 4) is 0 Å². The molecule has 2 N–H and O–H groups in total. The quantitative estimate of drug-likeness (QED) is 0.627. The number of hydrogen-bond donors (Lipinski definition) is 1. The van der Waals surface area contributed by atoms with Crippen molar-refractivity contribution in [3.05, 3.63) is 53.1 Å². The highest BCUT2D eigenvalue weighted by atomic mass is 32.2. The molecular weight excluding hydrogens is 242 g/mol. The smallest absolute Gasteiger partial charge is 0.132 e. The first-order valence-electron chi connectivity index (χ1n) is 5.83. The molecule has 1 unspecified atom stereocenters. The van der Waals surface area contributed by atoms with E-state index in [0.717, 1.165) is 38.5 Å². The zero-order valence-corrected chi connectivity index (χ0v) is 10.8. The fourth-order valence-corrected chi connectivity index (χ4v) is 3.56. The van der Waals surface area contributed by atoms with Gasteiger partial charge >= 0.3 is 0 Å². The van der Waals surface area contributed by atoms with Gasteiger partial charge in [0.15, 0.2) is 0 Å². The maximum absolute atomic E-state index is 11.5. The van der Waals surface area contributed by atoms with Crippen LogP contribution in [0.3, 0.4) is 0 Å². The number of carbonyl (C=O) groups excluding carboxylic acids is 1. The molecule has 2 aromatic carbocycles. The molecule has 0 amide bonds. The molecule has 1 aliphatic heterocycles. The van der Waals surface area contributed by atoms with Crippen LogP contribution in [-0.4, -0.2) is 6.29 Å². The summed E-state index contributed by atoms with van der Waals surface area (Å²) < 4.78 is 0. The molecule has 0 fully saturated rings. The highest BCUT2D eigenvalue weighted by Gasteiger charge is 2.27. The number of nitrogens with two attached hydrogens (primary N) is 1. The Bertz CT molecular complexity index is 636. The molecule has 0 bridgehead atoms. The Morgan fingerprint density at radius 2 is 1.94 bits per heavy atom. The van der Waals surface area contributed by atoms with Crippen molar-refractivity contribution in [3.63, 3.8) is 0 Å². The summed E-state index contributed by atoms with van der Waals surface area (Å²) in [6.07, 6.45) is 0.993. The zero-order chi connectivity index (χ0) is 12.7. The van der Waals surface area contributed by atoms with Crippen molar-refractivity contribution in [2.45, 2.75) is 22.6 Å². The van der Waals surface area contributed by atoms with Gasteiger partial charge in [0.05, 0.1) is 5.92 Å². The molecule has 1 atom stereocenters. The second-order valence-corrected chi connectivity index (χ2v) is 5.55. The van der Waals surface area contributed by atoms with Gasteiger partial charge in [-0.05, 0) is 30.2 Å². The Hall–Kier alpha value is -1.74. The third-order valence-electron chi connectivity index (χ3n) is 3.39. The molecule has 18 heavy (non-hydrogen) atoms. The van der Waals surface area contributed by atoms with E-state index in [1.165, 1.54) is 0 Å². The third-order valence-corrected chi connectivity index (χ3v) is 4.55. The first-order chi connectivity index (χ1) is 8.72. The van der Waals surface area contributed by atoms with E-state index >= 15 is 0 Å². The summed E-state index contributed by atoms with van der Waals surface area (Å²) >= 11 is 1.69. The van der Waals surface area contributed by atoms with Gasteiger partial charge < -0.3 is 10.5 Å². The van der Waals surface area contributed by atoms with Crippen LogP contribution in [0.1, 0.15) is 22.6 Å². The van der Waals surface area contributed by atoms with Crippen molar-refractivity contribution < 1.29 is 4.79 Å². The highest BCUT2D eigenvalue weighted by molar-refractivity contribution is 7.99. The van der Waals surface area contributed by atoms with Crippen LogP contribution in [-0.2, 0) is 4.79 Å². The summed E-state index contributed by atoms with van der Waals surface area (Å²) in [5.74, 6) is -0.239. The average Bonchev–Trinajstić information content (AvgIpc) is 2.41. The first kappa shape index (κ1) is 11.4. The first-order valence-corrected chi connectivity index (χ1v) is 6.65. The fourth-order valence-electron chi connectivity index (χ4n) is 2.38. The normalized spacial score (nSPS) is 16.8. The van der Waals surface area contributed by atoms with Crippen molar-refractivity contribution in [1.82, 2.24) is 0 Å². The lowest BCUT2D eigenvalue weighted by molar-refractivity contribution is -0.108. The third kappa shape index (κ3) is 1.55. The molecule has 90 valence electrons. The van der Waals surface area contributed by atoms with Crippen molar-refractivity contribution in [2.24, 2.45) is 0 Å². The number of benzene rings is 2. The molecule has 2 nitrogen and oxygen atoms in total. The molecule has 3 heteroatoms. The molecular formula is C15H13NOS. The Morgan fingerprint density at radius 3 is 2.72 bits per heavy atom. The van der Waals surface area contributed by atoms with Crippen molar-refractivity contribution in [2.75, 3.05) is 5.73 Å². The van der Waals surface area contributed by atoms with E-state index in [2.05, 4.69) is 12.1 Å². The Labute approximate surface area is 110 Å². The van der Waals surface area contributed by atoms with Gasteiger partial charge in [-0.25, -0.2) is 0 Å². The summed E-state index contributed by atoms with van der Waals surface area (Å²) in [7, 11) is 0. The summed E-state index contributed by atoms with van der Waals surface area (Å²) in [5.41, 5.74) is 9.95. The van der Waals surface area contributed by atoms with Crippen LogP contribution in [0, 0.1) is 6.92 Å². The van der Waals surface area contributed by atoms with E-state index in [9.17, 15) is 4.79 Å². The van der Waals surface area contributed by atoms with Crippen LogP contribution >= 0.6 is 11.8 Å². The van der Waals surface area contributed by atoms with Gasteiger partial charge in [0, 0.05) is 21.0 Å². The van der Waals surface area contributed by atoms with E-state index < -0.39 is 0 Å². The van der Waals surface area contributed by atoms with Gasteiger partial charge in [-0.2, -0.15) is 0 Å². The molecule has 0 radical (unpaired) electrons. The van der Waals surface area contributed by atoms with Crippen molar-refractivity contribution in [1.29, 1.82) is 0 Å². The van der Waals surface area contributed by atoms with Crippen LogP contribution in [0.5, 0.6) is 0 Å². The number of rotatable bonds is 1. The second-order valence-electron chi connectivity index (χ2n) is 4.46. The molecule has 2 aromatic rings. The standard InChI is InChI=1S/C15H13NOS/c1-9-6-7-13-14(15(9)16)11(8-17)10-4-2-3-5-12(10)18-13/h2-8,11H,16H2,1H3. The van der Waals surface area contributed by atoms with Crippen LogP contribution in [0.15, 0.2) is 46.2 Å². The maximum Gasteiger partial charge on any atom is 0.132 e. The lowest BCUT2D eigenvalue weighted by Gasteiger charge is -2.26. The molecule has 0 aromatic heterocycles. The molecule has 0 saturated carbocycles. The predicted octanol–water partition coefficient (Wildman–Crippen LogP) is 3.37. The fraction of sp³-hybridized carbons (Fsp3) is 0.133. The van der Waals surface area contributed by atoms with Gasteiger partial charge in [0.2, 0.25) is 0 Å². The monoisotopic (exact) mass is 255 g/mol. The largest absolute Gasteiger partial charge is 0.398 e. The number of carbonyl (C=O) groups is 1.